The molecule has 0 heterocycles. The number of amides is 1. The van der Waals surface area contributed by atoms with Gasteiger partial charge in [-0.05, 0) is 43.7 Å². The number of rotatable bonds is 5. The summed E-state index contributed by atoms with van der Waals surface area (Å²) < 4.78 is 6.61. The first-order valence-electron chi connectivity index (χ1n) is 6.84. The van der Waals surface area contributed by atoms with Crippen LogP contribution in [0.4, 0.5) is 0 Å². The van der Waals surface area contributed by atoms with Crippen molar-refractivity contribution >= 4 is 21.8 Å². The van der Waals surface area contributed by atoms with E-state index in [0.29, 0.717) is 5.75 Å². The predicted octanol–water partition coefficient (Wildman–Crippen LogP) is 4.09. The summed E-state index contributed by atoms with van der Waals surface area (Å²) in [5, 5.41) is 2.95. The van der Waals surface area contributed by atoms with Crippen LogP contribution in [-0.4, -0.2) is 12.0 Å². The standard InChI is InChI=1S/C17H18BrNO2/c1-12(14-6-4-3-5-7-14)19-17(20)13(2)21-16-10-8-15(18)9-11-16/h3-13H,1-2H3,(H,19,20). The van der Waals surface area contributed by atoms with Crippen LogP contribution in [0.2, 0.25) is 0 Å². The average Bonchev–Trinajstić information content (AvgIpc) is 2.50. The van der Waals surface area contributed by atoms with E-state index in [1.807, 2.05) is 61.5 Å². The Hall–Kier alpha value is -1.81. The van der Waals surface area contributed by atoms with Crippen LogP contribution in [0.15, 0.2) is 59.1 Å². The number of nitrogens with one attached hydrogen (secondary N) is 1. The lowest BCUT2D eigenvalue weighted by Crippen LogP contribution is -2.37. The highest BCUT2D eigenvalue weighted by atomic mass is 79.9. The molecule has 3 nitrogen and oxygen atoms in total. The van der Waals surface area contributed by atoms with Crippen molar-refractivity contribution in [2.75, 3.05) is 0 Å². The molecule has 0 aromatic heterocycles. The highest BCUT2D eigenvalue weighted by molar-refractivity contribution is 9.10. The number of hydrogen-bond acceptors (Lipinski definition) is 2. The third kappa shape index (κ3) is 4.60. The lowest BCUT2D eigenvalue weighted by Gasteiger charge is -2.19. The molecule has 1 amide bonds. The number of halogens is 1. The lowest BCUT2D eigenvalue weighted by atomic mass is 10.1. The van der Waals surface area contributed by atoms with Gasteiger partial charge in [0.05, 0.1) is 6.04 Å². The number of ether oxygens (including phenoxy) is 1. The van der Waals surface area contributed by atoms with Gasteiger partial charge >= 0.3 is 0 Å². The van der Waals surface area contributed by atoms with Gasteiger partial charge in [-0.1, -0.05) is 46.3 Å². The molecular formula is C17H18BrNO2. The van der Waals surface area contributed by atoms with Crippen LogP contribution in [0.1, 0.15) is 25.5 Å². The first kappa shape index (κ1) is 15.6. The van der Waals surface area contributed by atoms with Gasteiger partial charge in [-0.25, -0.2) is 0 Å². The maximum absolute atomic E-state index is 12.2. The Labute approximate surface area is 133 Å². The van der Waals surface area contributed by atoms with Gasteiger partial charge in [0.2, 0.25) is 0 Å². The summed E-state index contributed by atoms with van der Waals surface area (Å²) in [5.74, 6) is 0.544. The molecule has 2 aromatic rings. The molecule has 1 N–H and O–H groups in total. The highest BCUT2D eigenvalue weighted by Crippen LogP contribution is 2.18. The summed E-state index contributed by atoms with van der Waals surface area (Å²) >= 11 is 3.36. The molecule has 2 unspecified atom stereocenters. The molecule has 0 radical (unpaired) electrons. The van der Waals surface area contributed by atoms with Crippen molar-refractivity contribution < 1.29 is 9.53 Å². The highest BCUT2D eigenvalue weighted by Gasteiger charge is 2.17. The zero-order chi connectivity index (χ0) is 15.2. The summed E-state index contributed by atoms with van der Waals surface area (Å²) in [7, 11) is 0. The quantitative estimate of drug-likeness (QED) is 0.884. The van der Waals surface area contributed by atoms with E-state index in [1.165, 1.54) is 0 Å². The van der Waals surface area contributed by atoms with Crippen LogP contribution in [0.5, 0.6) is 5.75 Å². The second-order valence-corrected chi connectivity index (χ2v) is 5.77. The van der Waals surface area contributed by atoms with Gasteiger partial charge in [0.1, 0.15) is 5.75 Å². The van der Waals surface area contributed by atoms with Crippen LogP contribution in [0.3, 0.4) is 0 Å². The van der Waals surface area contributed by atoms with E-state index in [0.717, 1.165) is 10.0 Å². The fourth-order valence-electron chi connectivity index (χ4n) is 1.93. The minimum absolute atomic E-state index is 0.0466. The molecule has 0 bridgehead atoms. The monoisotopic (exact) mass is 347 g/mol. The van der Waals surface area contributed by atoms with Crippen molar-refractivity contribution in [3.8, 4) is 5.75 Å². The number of carbonyl (C=O) groups excluding carboxylic acids is 1. The van der Waals surface area contributed by atoms with Gasteiger partial charge in [0.25, 0.3) is 5.91 Å². The Morgan fingerprint density at radius 2 is 1.67 bits per heavy atom. The maximum Gasteiger partial charge on any atom is 0.261 e. The minimum atomic E-state index is -0.544. The van der Waals surface area contributed by atoms with Crippen molar-refractivity contribution in [2.45, 2.75) is 26.0 Å². The number of hydrogen-bond donors (Lipinski definition) is 1. The minimum Gasteiger partial charge on any atom is -0.481 e. The van der Waals surface area contributed by atoms with Crippen LogP contribution in [0.25, 0.3) is 0 Å². The lowest BCUT2D eigenvalue weighted by molar-refractivity contribution is -0.127. The summed E-state index contributed by atoms with van der Waals surface area (Å²) in [6.45, 7) is 3.70. The van der Waals surface area contributed by atoms with Gasteiger partial charge in [-0.3, -0.25) is 4.79 Å². The zero-order valence-corrected chi connectivity index (χ0v) is 13.6. The fourth-order valence-corrected chi connectivity index (χ4v) is 2.19. The van der Waals surface area contributed by atoms with E-state index in [-0.39, 0.29) is 11.9 Å². The zero-order valence-electron chi connectivity index (χ0n) is 12.0. The Bertz CT molecular complexity index is 583. The third-order valence-corrected chi connectivity index (χ3v) is 3.68. The Kier molecular flexibility index (Phi) is 5.39. The molecule has 21 heavy (non-hydrogen) atoms. The number of carbonyl (C=O) groups is 1. The van der Waals surface area contributed by atoms with Gasteiger partial charge < -0.3 is 10.1 Å². The van der Waals surface area contributed by atoms with E-state index in [9.17, 15) is 4.79 Å². The molecule has 0 spiro atoms. The molecule has 2 atom stereocenters. The van der Waals surface area contributed by atoms with Gasteiger partial charge in [-0.2, -0.15) is 0 Å². The Balaban J connectivity index is 1.92. The first-order valence-corrected chi connectivity index (χ1v) is 7.63. The summed E-state index contributed by atoms with van der Waals surface area (Å²) in [6, 6.07) is 17.2. The van der Waals surface area contributed by atoms with E-state index >= 15 is 0 Å². The normalized spacial score (nSPS) is 13.3. The van der Waals surface area contributed by atoms with E-state index in [2.05, 4.69) is 21.2 Å². The van der Waals surface area contributed by atoms with Gasteiger partial charge in [-0.15, -0.1) is 0 Å². The van der Waals surface area contributed by atoms with Crippen LogP contribution in [0, 0.1) is 0 Å². The molecule has 4 heteroatoms. The van der Waals surface area contributed by atoms with Crippen LogP contribution >= 0.6 is 15.9 Å². The summed E-state index contributed by atoms with van der Waals surface area (Å²) in [5.41, 5.74) is 1.07. The third-order valence-electron chi connectivity index (χ3n) is 3.15. The van der Waals surface area contributed by atoms with E-state index < -0.39 is 6.10 Å². The summed E-state index contributed by atoms with van der Waals surface area (Å²) in [4.78, 5) is 12.2. The molecule has 0 saturated carbocycles. The topological polar surface area (TPSA) is 38.3 Å². The molecule has 0 saturated heterocycles. The van der Waals surface area contributed by atoms with Crippen LogP contribution < -0.4 is 10.1 Å². The van der Waals surface area contributed by atoms with Crippen LogP contribution in [-0.2, 0) is 4.79 Å². The van der Waals surface area contributed by atoms with Crippen molar-refractivity contribution in [3.63, 3.8) is 0 Å². The smallest absolute Gasteiger partial charge is 0.261 e. The Morgan fingerprint density at radius 3 is 2.29 bits per heavy atom. The number of benzene rings is 2. The van der Waals surface area contributed by atoms with Gasteiger partial charge in [0, 0.05) is 4.47 Å². The molecule has 0 aliphatic carbocycles. The first-order chi connectivity index (χ1) is 10.1. The molecule has 0 aliphatic heterocycles. The van der Waals surface area contributed by atoms with Crippen molar-refractivity contribution in [3.05, 3.63) is 64.6 Å². The Morgan fingerprint density at radius 1 is 1.05 bits per heavy atom. The fraction of sp³-hybridized carbons (Fsp3) is 0.235. The van der Waals surface area contributed by atoms with Crippen molar-refractivity contribution in [1.82, 2.24) is 5.32 Å². The molecule has 110 valence electrons. The van der Waals surface area contributed by atoms with Crippen molar-refractivity contribution in [1.29, 1.82) is 0 Å². The molecule has 0 aliphatic rings. The van der Waals surface area contributed by atoms with Gasteiger partial charge in [0.15, 0.2) is 6.10 Å². The maximum atomic E-state index is 12.2. The van der Waals surface area contributed by atoms with E-state index in [4.69, 9.17) is 4.74 Å². The predicted molar refractivity (Wildman–Crippen MR) is 87.2 cm³/mol. The second-order valence-electron chi connectivity index (χ2n) is 4.85. The average molecular weight is 348 g/mol. The molecule has 2 rings (SSSR count). The summed E-state index contributed by atoms with van der Waals surface area (Å²) in [6.07, 6.45) is -0.544. The largest absolute Gasteiger partial charge is 0.481 e. The van der Waals surface area contributed by atoms with Crippen molar-refractivity contribution in [2.24, 2.45) is 0 Å². The van der Waals surface area contributed by atoms with E-state index in [1.54, 1.807) is 6.92 Å². The molecular weight excluding hydrogens is 330 g/mol. The molecule has 0 fully saturated rings. The SMILES string of the molecule is CC(Oc1ccc(Br)cc1)C(=O)NC(C)c1ccccc1. The second kappa shape index (κ2) is 7.27. The molecule has 2 aromatic carbocycles.